The molecule has 0 heterocycles. The highest BCUT2D eigenvalue weighted by atomic mass is 19.1. The lowest BCUT2D eigenvalue weighted by atomic mass is 10.1. The molecule has 0 saturated heterocycles. The van der Waals surface area contributed by atoms with Gasteiger partial charge in [-0.15, -0.1) is 0 Å². The molecule has 1 aromatic rings. The number of hydrogen-bond acceptors (Lipinski definition) is 2. The van der Waals surface area contributed by atoms with Crippen LogP contribution in [0.1, 0.15) is 45.1 Å². The molecule has 0 spiro atoms. The van der Waals surface area contributed by atoms with Crippen LogP contribution in [0.25, 0.3) is 0 Å². The fourth-order valence-corrected chi connectivity index (χ4v) is 2.17. The minimum atomic E-state index is -0.0973. The molecule has 1 N–H and O–H groups in total. The number of anilines is 1. The quantitative estimate of drug-likeness (QED) is 0.728. The Morgan fingerprint density at radius 2 is 1.74 bits per heavy atom. The van der Waals surface area contributed by atoms with E-state index in [2.05, 4.69) is 24.1 Å². The molecule has 0 atom stereocenters. The minimum absolute atomic E-state index is 0.0973. The molecule has 1 rings (SSSR count). The summed E-state index contributed by atoms with van der Waals surface area (Å²) in [7, 11) is 1.88. The van der Waals surface area contributed by atoms with Crippen molar-refractivity contribution in [2.45, 2.75) is 46.1 Å². The van der Waals surface area contributed by atoms with Gasteiger partial charge in [0, 0.05) is 19.6 Å². The molecule has 0 amide bonds. The first-order valence-corrected chi connectivity index (χ1v) is 7.40. The van der Waals surface area contributed by atoms with Crippen LogP contribution in [0.5, 0.6) is 0 Å². The van der Waals surface area contributed by atoms with E-state index in [9.17, 15) is 4.39 Å². The summed E-state index contributed by atoms with van der Waals surface area (Å²) in [5.74, 6) is -0.0973. The number of nitrogens with one attached hydrogen (secondary N) is 1. The van der Waals surface area contributed by atoms with Gasteiger partial charge >= 0.3 is 0 Å². The van der Waals surface area contributed by atoms with Crippen LogP contribution in [-0.2, 0) is 6.54 Å². The highest BCUT2D eigenvalue weighted by Crippen LogP contribution is 2.21. The fourth-order valence-electron chi connectivity index (χ4n) is 2.17. The van der Waals surface area contributed by atoms with Crippen molar-refractivity contribution in [1.29, 1.82) is 0 Å². The van der Waals surface area contributed by atoms with Gasteiger partial charge < -0.3 is 10.2 Å². The summed E-state index contributed by atoms with van der Waals surface area (Å²) in [4.78, 5) is 2.19. The van der Waals surface area contributed by atoms with Crippen LogP contribution < -0.4 is 10.2 Å². The monoisotopic (exact) mass is 266 g/mol. The van der Waals surface area contributed by atoms with E-state index in [1.807, 2.05) is 19.2 Å². The standard InChI is InChI=1S/C16H27FN2/c1-4-6-10-19(11-7-5-2)16-9-8-14(13-18-3)12-15(16)17/h8-9,12,18H,4-7,10-11,13H2,1-3H3. The first-order valence-electron chi connectivity index (χ1n) is 7.40. The van der Waals surface area contributed by atoms with Gasteiger partial charge in [0.05, 0.1) is 5.69 Å². The smallest absolute Gasteiger partial charge is 0.146 e. The molecule has 0 fully saturated rings. The van der Waals surface area contributed by atoms with Crippen molar-refractivity contribution >= 4 is 5.69 Å². The third kappa shape index (κ3) is 5.19. The van der Waals surface area contributed by atoms with Crippen molar-refractivity contribution in [3.8, 4) is 0 Å². The molecule has 0 aliphatic rings. The van der Waals surface area contributed by atoms with Gasteiger partial charge in [-0.3, -0.25) is 0 Å². The van der Waals surface area contributed by atoms with Gasteiger partial charge in [-0.25, -0.2) is 4.39 Å². The van der Waals surface area contributed by atoms with Crippen molar-refractivity contribution in [3.63, 3.8) is 0 Å². The topological polar surface area (TPSA) is 15.3 Å². The molecule has 2 nitrogen and oxygen atoms in total. The van der Waals surface area contributed by atoms with E-state index in [1.54, 1.807) is 6.07 Å². The van der Waals surface area contributed by atoms with Crippen LogP contribution in [0.15, 0.2) is 18.2 Å². The molecule has 0 saturated carbocycles. The molecule has 19 heavy (non-hydrogen) atoms. The molecular weight excluding hydrogens is 239 g/mol. The molecule has 1 aromatic carbocycles. The summed E-state index contributed by atoms with van der Waals surface area (Å²) < 4.78 is 14.2. The van der Waals surface area contributed by atoms with Gasteiger partial charge in [-0.2, -0.15) is 0 Å². The largest absolute Gasteiger partial charge is 0.369 e. The Balaban J connectivity index is 2.81. The van der Waals surface area contributed by atoms with Gasteiger partial charge in [-0.05, 0) is 37.6 Å². The Bertz CT molecular complexity index is 358. The zero-order valence-corrected chi connectivity index (χ0v) is 12.5. The average molecular weight is 266 g/mol. The molecular formula is C16H27FN2. The normalized spacial score (nSPS) is 10.7. The second kappa shape index (κ2) is 8.92. The number of rotatable bonds is 9. The van der Waals surface area contributed by atoms with Gasteiger partial charge in [0.15, 0.2) is 0 Å². The highest BCUT2D eigenvalue weighted by Gasteiger charge is 2.11. The number of halogens is 1. The fraction of sp³-hybridized carbons (Fsp3) is 0.625. The van der Waals surface area contributed by atoms with Crippen molar-refractivity contribution in [1.82, 2.24) is 5.32 Å². The molecule has 3 heteroatoms. The van der Waals surface area contributed by atoms with Crippen LogP contribution in [-0.4, -0.2) is 20.1 Å². The Morgan fingerprint density at radius 1 is 1.11 bits per heavy atom. The Hall–Kier alpha value is -1.09. The van der Waals surface area contributed by atoms with Crippen LogP contribution in [0, 0.1) is 5.82 Å². The van der Waals surface area contributed by atoms with E-state index in [4.69, 9.17) is 0 Å². The average Bonchev–Trinajstić information content (AvgIpc) is 2.40. The summed E-state index contributed by atoms with van der Waals surface area (Å²) in [6, 6.07) is 5.59. The zero-order valence-electron chi connectivity index (χ0n) is 12.5. The second-order valence-corrected chi connectivity index (χ2v) is 5.01. The molecule has 0 bridgehead atoms. The van der Waals surface area contributed by atoms with E-state index >= 15 is 0 Å². The summed E-state index contributed by atoms with van der Waals surface area (Å²) in [5.41, 5.74) is 1.75. The predicted octanol–water partition coefficient (Wildman–Crippen LogP) is 3.95. The highest BCUT2D eigenvalue weighted by molar-refractivity contribution is 5.49. The van der Waals surface area contributed by atoms with Crippen LogP contribution >= 0.6 is 0 Å². The molecule has 0 unspecified atom stereocenters. The first-order chi connectivity index (χ1) is 9.22. The number of hydrogen-bond donors (Lipinski definition) is 1. The number of nitrogens with zero attached hydrogens (tertiary/aromatic N) is 1. The summed E-state index contributed by atoms with van der Waals surface area (Å²) >= 11 is 0. The first kappa shape index (κ1) is 16.0. The van der Waals surface area contributed by atoms with Crippen molar-refractivity contribution in [3.05, 3.63) is 29.6 Å². The van der Waals surface area contributed by atoms with E-state index < -0.39 is 0 Å². The summed E-state index contributed by atoms with van der Waals surface area (Å²) in [5, 5.41) is 3.05. The molecule has 0 aliphatic heterocycles. The Kier molecular flexibility index (Phi) is 7.49. The summed E-state index contributed by atoms with van der Waals surface area (Å²) in [6.45, 7) is 6.94. The molecule has 0 aromatic heterocycles. The second-order valence-electron chi connectivity index (χ2n) is 5.01. The lowest BCUT2D eigenvalue weighted by Gasteiger charge is -2.25. The zero-order chi connectivity index (χ0) is 14.1. The third-order valence-corrected chi connectivity index (χ3v) is 3.30. The lowest BCUT2D eigenvalue weighted by Crippen LogP contribution is -2.26. The maximum absolute atomic E-state index is 14.2. The van der Waals surface area contributed by atoms with Crippen LogP contribution in [0.4, 0.5) is 10.1 Å². The lowest BCUT2D eigenvalue weighted by molar-refractivity contribution is 0.602. The van der Waals surface area contributed by atoms with Crippen LogP contribution in [0.2, 0.25) is 0 Å². The maximum Gasteiger partial charge on any atom is 0.146 e. The van der Waals surface area contributed by atoms with E-state index in [0.29, 0.717) is 6.54 Å². The Morgan fingerprint density at radius 3 is 2.21 bits per heavy atom. The molecule has 108 valence electrons. The SMILES string of the molecule is CCCCN(CCCC)c1ccc(CNC)cc1F. The van der Waals surface area contributed by atoms with Crippen molar-refractivity contribution < 1.29 is 4.39 Å². The third-order valence-electron chi connectivity index (χ3n) is 3.30. The van der Waals surface area contributed by atoms with Gasteiger partial charge in [0.1, 0.15) is 5.82 Å². The molecule has 0 radical (unpaired) electrons. The van der Waals surface area contributed by atoms with E-state index in [1.165, 1.54) is 0 Å². The summed E-state index contributed by atoms with van der Waals surface area (Å²) in [6.07, 6.45) is 4.51. The van der Waals surface area contributed by atoms with E-state index in [0.717, 1.165) is 50.0 Å². The van der Waals surface area contributed by atoms with Crippen molar-refractivity contribution in [2.75, 3.05) is 25.0 Å². The van der Waals surface area contributed by atoms with Gasteiger partial charge in [0.2, 0.25) is 0 Å². The van der Waals surface area contributed by atoms with Crippen LogP contribution in [0.3, 0.4) is 0 Å². The number of benzene rings is 1. The number of unbranched alkanes of at least 4 members (excludes halogenated alkanes) is 2. The van der Waals surface area contributed by atoms with Gasteiger partial charge in [0.25, 0.3) is 0 Å². The van der Waals surface area contributed by atoms with Gasteiger partial charge in [-0.1, -0.05) is 32.8 Å². The predicted molar refractivity (Wildman–Crippen MR) is 81.2 cm³/mol. The molecule has 0 aliphatic carbocycles. The minimum Gasteiger partial charge on any atom is -0.369 e. The Labute approximate surface area is 117 Å². The maximum atomic E-state index is 14.2. The van der Waals surface area contributed by atoms with Crippen molar-refractivity contribution in [2.24, 2.45) is 0 Å². The van der Waals surface area contributed by atoms with E-state index in [-0.39, 0.29) is 5.82 Å².